The van der Waals surface area contributed by atoms with Gasteiger partial charge in [0.1, 0.15) is 11.7 Å². The van der Waals surface area contributed by atoms with Crippen molar-refractivity contribution in [2.45, 2.75) is 44.5 Å². The highest BCUT2D eigenvalue weighted by Crippen LogP contribution is 2.55. The van der Waals surface area contributed by atoms with Crippen molar-refractivity contribution in [2.75, 3.05) is 0 Å². The van der Waals surface area contributed by atoms with Crippen LogP contribution < -0.4 is 0 Å². The van der Waals surface area contributed by atoms with Gasteiger partial charge in [-0.1, -0.05) is 13.0 Å². The fourth-order valence-electron chi connectivity index (χ4n) is 4.20. The van der Waals surface area contributed by atoms with Crippen LogP contribution in [0.3, 0.4) is 0 Å². The lowest BCUT2D eigenvalue weighted by molar-refractivity contribution is -0.142. The van der Waals surface area contributed by atoms with Crippen molar-refractivity contribution in [1.29, 1.82) is 0 Å². The molecule has 1 aliphatic heterocycles. The molecule has 1 saturated carbocycles. The summed E-state index contributed by atoms with van der Waals surface area (Å²) in [6.07, 6.45) is 8.56. The van der Waals surface area contributed by atoms with Crippen molar-refractivity contribution < 1.29 is 14.3 Å². The minimum absolute atomic E-state index is 0.101. The standard InChI is InChI=1S/C17H19NO3/c1-11-8-13-2-3-15-17(13,14(9-11)16(19)21-15)20-10-12-4-6-18-7-5-12/h4-7,9,11,13,15H,2-3,8,10H2,1H3/t11-,13+,15+,17-/m1/s1. The largest absolute Gasteiger partial charge is 0.455 e. The molecule has 1 aromatic heterocycles. The van der Waals surface area contributed by atoms with E-state index in [1.165, 1.54) is 0 Å². The Balaban J connectivity index is 1.67. The Morgan fingerprint density at radius 2 is 2.19 bits per heavy atom. The Labute approximate surface area is 124 Å². The lowest BCUT2D eigenvalue weighted by Crippen LogP contribution is -2.46. The summed E-state index contributed by atoms with van der Waals surface area (Å²) in [5, 5.41) is 0. The van der Waals surface area contributed by atoms with Crippen LogP contribution in [0.4, 0.5) is 0 Å². The molecule has 2 fully saturated rings. The number of hydrogen-bond acceptors (Lipinski definition) is 4. The zero-order valence-corrected chi connectivity index (χ0v) is 12.1. The van der Waals surface area contributed by atoms with Crippen molar-refractivity contribution in [1.82, 2.24) is 4.98 Å². The molecule has 4 heteroatoms. The van der Waals surface area contributed by atoms with E-state index in [1.807, 2.05) is 12.1 Å². The van der Waals surface area contributed by atoms with E-state index < -0.39 is 5.60 Å². The first kappa shape index (κ1) is 13.0. The summed E-state index contributed by atoms with van der Waals surface area (Å²) in [4.78, 5) is 16.2. The summed E-state index contributed by atoms with van der Waals surface area (Å²) < 4.78 is 11.9. The molecule has 1 aromatic rings. The highest BCUT2D eigenvalue weighted by atomic mass is 16.6. The zero-order valence-electron chi connectivity index (χ0n) is 12.1. The number of carbonyl (C=O) groups excluding carboxylic acids is 1. The number of esters is 1. The maximum absolute atomic E-state index is 12.2. The SMILES string of the molecule is C[C@H]1C=C2C(=O)O[C@H]3CC[C@@H](C1)[C@@]23OCc1ccncc1. The minimum atomic E-state index is -0.507. The average Bonchev–Trinajstić information content (AvgIpc) is 2.97. The quantitative estimate of drug-likeness (QED) is 0.801. The summed E-state index contributed by atoms with van der Waals surface area (Å²) in [6, 6.07) is 3.90. The first-order valence-corrected chi connectivity index (χ1v) is 7.66. The number of aromatic nitrogens is 1. The Hall–Kier alpha value is -1.68. The molecular formula is C17H19NO3. The van der Waals surface area contributed by atoms with E-state index in [-0.39, 0.29) is 12.1 Å². The summed E-state index contributed by atoms with van der Waals surface area (Å²) in [7, 11) is 0. The van der Waals surface area contributed by atoms with E-state index in [0.717, 1.165) is 30.4 Å². The fraction of sp³-hybridized carbons (Fsp3) is 0.529. The van der Waals surface area contributed by atoms with Crippen LogP contribution in [0.15, 0.2) is 36.2 Å². The summed E-state index contributed by atoms with van der Waals surface area (Å²) in [5.74, 6) is 0.642. The molecule has 0 amide bonds. The van der Waals surface area contributed by atoms with E-state index in [4.69, 9.17) is 9.47 Å². The monoisotopic (exact) mass is 285 g/mol. The lowest BCUT2D eigenvalue weighted by Gasteiger charge is -2.38. The number of ether oxygens (including phenoxy) is 2. The van der Waals surface area contributed by atoms with Crippen LogP contribution in [0.1, 0.15) is 31.7 Å². The normalized spacial score (nSPS) is 37.1. The number of hydrogen-bond donors (Lipinski definition) is 0. The van der Waals surface area contributed by atoms with Gasteiger partial charge >= 0.3 is 5.97 Å². The molecular weight excluding hydrogens is 266 g/mol. The summed E-state index contributed by atoms with van der Waals surface area (Å²) in [5.41, 5.74) is 1.34. The van der Waals surface area contributed by atoms with Crippen molar-refractivity contribution in [2.24, 2.45) is 11.8 Å². The van der Waals surface area contributed by atoms with E-state index in [2.05, 4.69) is 18.0 Å². The average molecular weight is 285 g/mol. The topological polar surface area (TPSA) is 48.4 Å². The third-order valence-electron chi connectivity index (χ3n) is 5.09. The Kier molecular flexibility index (Phi) is 2.89. The van der Waals surface area contributed by atoms with Crippen molar-refractivity contribution in [3.05, 3.63) is 41.7 Å². The van der Waals surface area contributed by atoms with Gasteiger partial charge < -0.3 is 9.47 Å². The van der Waals surface area contributed by atoms with Gasteiger partial charge in [0.25, 0.3) is 0 Å². The molecule has 0 aromatic carbocycles. The van der Waals surface area contributed by atoms with Gasteiger partial charge in [0.05, 0.1) is 12.2 Å². The molecule has 2 aliphatic carbocycles. The molecule has 110 valence electrons. The fourth-order valence-corrected chi connectivity index (χ4v) is 4.20. The zero-order chi connectivity index (χ0) is 14.4. The molecule has 3 aliphatic rings. The number of rotatable bonds is 3. The second-order valence-corrected chi connectivity index (χ2v) is 6.40. The number of carbonyl (C=O) groups is 1. The molecule has 4 atom stereocenters. The molecule has 0 radical (unpaired) electrons. The second kappa shape index (κ2) is 4.67. The lowest BCUT2D eigenvalue weighted by atomic mass is 9.73. The predicted octanol–water partition coefficient (Wildman–Crippen LogP) is 2.64. The van der Waals surface area contributed by atoms with Crippen molar-refractivity contribution in [3.8, 4) is 0 Å². The molecule has 1 saturated heterocycles. The van der Waals surface area contributed by atoms with Crippen LogP contribution in [-0.4, -0.2) is 22.7 Å². The number of nitrogens with zero attached hydrogens (tertiary/aromatic N) is 1. The van der Waals surface area contributed by atoms with Gasteiger partial charge in [0.2, 0.25) is 0 Å². The first-order valence-electron chi connectivity index (χ1n) is 7.66. The maximum Gasteiger partial charge on any atom is 0.337 e. The van der Waals surface area contributed by atoms with Gasteiger partial charge in [-0.25, -0.2) is 4.79 Å². The van der Waals surface area contributed by atoms with Gasteiger partial charge in [-0.2, -0.15) is 0 Å². The first-order chi connectivity index (χ1) is 10.2. The molecule has 0 spiro atoms. The summed E-state index contributed by atoms with van der Waals surface area (Å²) >= 11 is 0. The minimum Gasteiger partial charge on any atom is -0.455 e. The molecule has 4 rings (SSSR count). The van der Waals surface area contributed by atoms with Crippen LogP contribution in [0.5, 0.6) is 0 Å². The van der Waals surface area contributed by atoms with Crippen LogP contribution in [0.25, 0.3) is 0 Å². The molecule has 2 heterocycles. The van der Waals surface area contributed by atoms with E-state index in [0.29, 0.717) is 18.4 Å². The Bertz CT molecular complexity index is 597. The van der Waals surface area contributed by atoms with Gasteiger partial charge in [-0.15, -0.1) is 0 Å². The number of pyridine rings is 1. The molecule has 0 N–H and O–H groups in total. The second-order valence-electron chi connectivity index (χ2n) is 6.40. The Morgan fingerprint density at radius 3 is 3.00 bits per heavy atom. The van der Waals surface area contributed by atoms with Crippen molar-refractivity contribution in [3.63, 3.8) is 0 Å². The molecule has 4 nitrogen and oxygen atoms in total. The van der Waals surface area contributed by atoms with Crippen molar-refractivity contribution >= 4 is 5.97 Å². The highest BCUT2D eigenvalue weighted by molar-refractivity contribution is 5.94. The van der Waals surface area contributed by atoms with E-state index in [9.17, 15) is 4.79 Å². The van der Waals surface area contributed by atoms with Crippen LogP contribution in [0, 0.1) is 11.8 Å². The van der Waals surface area contributed by atoms with E-state index >= 15 is 0 Å². The van der Waals surface area contributed by atoms with Gasteiger partial charge in [0.15, 0.2) is 0 Å². The van der Waals surface area contributed by atoms with Gasteiger partial charge in [-0.05, 0) is 48.8 Å². The van der Waals surface area contributed by atoms with Gasteiger partial charge in [-0.3, -0.25) is 4.98 Å². The Morgan fingerprint density at radius 1 is 1.38 bits per heavy atom. The molecule has 0 unspecified atom stereocenters. The third kappa shape index (κ3) is 1.85. The highest BCUT2D eigenvalue weighted by Gasteiger charge is 2.63. The predicted molar refractivity (Wildman–Crippen MR) is 76.2 cm³/mol. The number of allylic oxidation sites excluding steroid dienone is 1. The maximum atomic E-state index is 12.2. The summed E-state index contributed by atoms with van der Waals surface area (Å²) in [6.45, 7) is 2.66. The van der Waals surface area contributed by atoms with Gasteiger partial charge in [0, 0.05) is 12.4 Å². The van der Waals surface area contributed by atoms with Crippen LogP contribution >= 0.6 is 0 Å². The van der Waals surface area contributed by atoms with Crippen LogP contribution in [0.2, 0.25) is 0 Å². The molecule has 0 bridgehead atoms. The molecule has 21 heavy (non-hydrogen) atoms. The van der Waals surface area contributed by atoms with Crippen LogP contribution in [-0.2, 0) is 20.9 Å². The third-order valence-corrected chi connectivity index (χ3v) is 5.09. The van der Waals surface area contributed by atoms with E-state index in [1.54, 1.807) is 12.4 Å². The smallest absolute Gasteiger partial charge is 0.337 e.